The Kier molecular flexibility index (Phi) is 8.26. The summed E-state index contributed by atoms with van der Waals surface area (Å²) in [6.45, 7) is 8.88. The fraction of sp³-hybridized carbons (Fsp3) is 0.923. The van der Waals surface area contributed by atoms with Gasteiger partial charge in [0.25, 0.3) is 6.47 Å². The Morgan fingerprint density at radius 2 is 1.88 bits per heavy atom. The lowest BCUT2D eigenvalue weighted by Gasteiger charge is -2.29. The zero-order valence-corrected chi connectivity index (χ0v) is 11.2. The Hall–Kier alpha value is -0.570. The van der Waals surface area contributed by atoms with Crippen molar-refractivity contribution in [3.8, 4) is 0 Å². The van der Waals surface area contributed by atoms with Gasteiger partial charge in [-0.05, 0) is 27.2 Å². The molecule has 0 bridgehead atoms. The molecule has 0 aromatic carbocycles. The van der Waals surface area contributed by atoms with Crippen molar-refractivity contribution in [2.75, 3.05) is 0 Å². The van der Waals surface area contributed by atoms with Gasteiger partial charge in [0.1, 0.15) is 0 Å². The highest BCUT2D eigenvalue weighted by Gasteiger charge is 2.19. The molecule has 3 heteroatoms. The number of hydrogen-bond donors (Lipinski definition) is 1. The van der Waals surface area contributed by atoms with Gasteiger partial charge < -0.3 is 4.74 Å². The van der Waals surface area contributed by atoms with Crippen molar-refractivity contribution in [1.82, 2.24) is 5.32 Å². The van der Waals surface area contributed by atoms with Gasteiger partial charge >= 0.3 is 0 Å². The summed E-state index contributed by atoms with van der Waals surface area (Å²) in [5.74, 6) is 0. The molecule has 0 amide bonds. The summed E-state index contributed by atoms with van der Waals surface area (Å²) >= 11 is 0. The maximum absolute atomic E-state index is 10.2. The van der Waals surface area contributed by atoms with Gasteiger partial charge in [-0.2, -0.15) is 0 Å². The van der Waals surface area contributed by atoms with Crippen LogP contribution in [0.2, 0.25) is 0 Å². The minimum absolute atomic E-state index is 0.0364. The van der Waals surface area contributed by atoms with E-state index in [0.717, 1.165) is 6.42 Å². The number of carbonyl (C=O) groups is 1. The van der Waals surface area contributed by atoms with Crippen LogP contribution in [-0.4, -0.2) is 18.2 Å². The van der Waals surface area contributed by atoms with E-state index in [9.17, 15) is 4.79 Å². The molecule has 0 fully saturated rings. The third kappa shape index (κ3) is 8.72. The predicted molar refractivity (Wildman–Crippen MR) is 67.2 cm³/mol. The normalized spacial score (nSPS) is 13.5. The molecular weight excluding hydrogens is 202 g/mol. The average molecular weight is 229 g/mol. The highest BCUT2D eigenvalue weighted by atomic mass is 16.5. The topological polar surface area (TPSA) is 38.3 Å². The number of nitrogens with one attached hydrogen (secondary N) is 1. The summed E-state index contributed by atoms with van der Waals surface area (Å²) in [4.78, 5) is 10.2. The second-order valence-electron chi connectivity index (χ2n) is 5.07. The molecule has 1 N–H and O–H groups in total. The molecule has 0 saturated carbocycles. The molecule has 0 spiro atoms. The van der Waals surface area contributed by atoms with Crippen LogP contribution in [0, 0.1) is 0 Å². The van der Waals surface area contributed by atoms with Crippen LogP contribution in [0.4, 0.5) is 0 Å². The fourth-order valence-corrected chi connectivity index (χ4v) is 1.91. The SMILES string of the molecule is CCCCCCCC(C)(C)NC(C)OC=O. The highest BCUT2D eigenvalue weighted by Crippen LogP contribution is 2.15. The van der Waals surface area contributed by atoms with Crippen LogP contribution in [0.25, 0.3) is 0 Å². The molecule has 1 atom stereocenters. The van der Waals surface area contributed by atoms with Gasteiger partial charge in [-0.25, -0.2) is 0 Å². The van der Waals surface area contributed by atoms with Crippen molar-refractivity contribution in [3.63, 3.8) is 0 Å². The Balaban J connectivity index is 3.64. The molecule has 0 saturated heterocycles. The van der Waals surface area contributed by atoms with E-state index in [1.165, 1.54) is 32.1 Å². The van der Waals surface area contributed by atoms with E-state index in [0.29, 0.717) is 6.47 Å². The molecule has 0 rings (SSSR count). The van der Waals surface area contributed by atoms with Gasteiger partial charge in [-0.3, -0.25) is 10.1 Å². The van der Waals surface area contributed by atoms with Crippen molar-refractivity contribution >= 4 is 6.47 Å². The molecular formula is C13H27NO2. The Bertz CT molecular complexity index is 181. The second-order valence-corrected chi connectivity index (χ2v) is 5.07. The van der Waals surface area contributed by atoms with E-state index < -0.39 is 0 Å². The molecule has 1 unspecified atom stereocenters. The molecule has 0 aromatic heterocycles. The smallest absolute Gasteiger partial charge is 0.294 e. The molecule has 0 aliphatic carbocycles. The molecule has 96 valence electrons. The zero-order chi connectivity index (χ0) is 12.4. The molecule has 0 aliphatic rings. The van der Waals surface area contributed by atoms with E-state index in [1.807, 2.05) is 6.92 Å². The van der Waals surface area contributed by atoms with Gasteiger partial charge in [0.15, 0.2) is 6.23 Å². The third-order valence-corrected chi connectivity index (χ3v) is 2.76. The highest BCUT2D eigenvalue weighted by molar-refractivity contribution is 5.37. The van der Waals surface area contributed by atoms with E-state index in [-0.39, 0.29) is 11.8 Å². The maximum atomic E-state index is 10.2. The van der Waals surface area contributed by atoms with Crippen molar-refractivity contribution in [2.45, 2.75) is 78.0 Å². The molecule has 3 nitrogen and oxygen atoms in total. The van der Waals surface area contributed by atoms with Crippen molar-refractivity contribution in [1.29, 1.82) is 0 Å². The largest absolute Gasteiger partial charge is 0.449 e. The van der Waals surface area contributed by atoms with E-state index in [2.05, 4.69) is 26.1 Å². The first-order valence-corrected chi connectivity index (χ1v) is 6.38. The molecule has 0 aliphatic heterocycles. The van der Waals surface area contributed by atoms with Crippen molar-refractivity contribution in [3.05, 3.63) is 0 Å². The standard InChI is InChI=1S/C13H27NO2/c1-5-6-7-8-9-10-13(3,4)14-12(2)16-11-15/h11-12,14H,5-10H2,1-4H3. The van der Waals surface area contributed by atoms with E-state index in [1.54, 1.807) is 0 Å². The molecule has 0 aromatic rings. The summed E-state index contributed by atoms with van der Waals surface area (Å²) in [6, 6.07) is 0. The predicted octanol–water partition coefficient (Wildman–Crippen LogP) is 3.23. The molecule has 0 radical (unpaired) electrons. The Morgan fingerprint density at radius 3 is 2.44 bits per heavy atom. The lowest BCUT2D eigenvalue weighted by atomic mass is 9.96. The number of unbranched alkanes of at least 4 members (excludes halogenated alkanes) is 4. The molecule has 16 heavy (non-hydrogen) atoms. The fourth-order valence-electron chi connectivity index (χ4n) is 1.91. The van der Waals surface area contributed by atoms with Gasteiger partial charge in [0, 0.05) is 5.54 Å². The van der Waals surface area contributed by atoms with Crippen LogP contribution < -0.4 is 5.32 Å². The van der Waals surface area contributed by atoms with Crippen LogP contribution in [0.3, 0.4) is 0 Å². The quantitative estimate of drug-likeness (QED) is 0.355. The van der Waals surface area contributed by atoms with Crippen LogP contribution in [0.15, 0.2) is 0 Å². The van der Waals surface area contributed by atoms with E-state index in [4.69, 9.17) is 4.74 Å². The minimum Gasteiger partial charge on any atom is -0.449 e. The first-order chi connectivity index (χ1) is 7.52. The number of hydrogen-bond acceptors (Lipinski definition) is 3. The summed E-state index contributed by atoms with van der Waals surface area (Å²) in [5.41, 5.74) is 0.0364. The average Bonchev–Trinajstić information content (AvgIpc) is 2.16. The Morgan fingerprint density at radius 1 is 1.25 bits per heavy atom. The minimum atomic E-state index is -0.205. The van der Waals surface area contributed by atoms with Crippen LogP contribution in [0.5, 0.6) is 0 Å². The summed E-state index contributed by atoms with van der Waals surface area (Å²) in [7, 11) is 0. The van der Waals surface area contributed by atoms with Gasteiger partial charge in [0.2, 0.25) is 0 Å². The zero-order valence-electron chi connectivity index (χ0n) is 11.2. The van der Waals surface area contributed by atoms with E-state index >= 15 is 0 Å². The third-order valence-electron chi connectivity index (χ3n) is 2.76. The Labute approximate surface area is 99.9 Å². The monoisotopic (exact) mass is 229 g/mol. The maximum Gasteiger partial charge on any atom is 0.294 e. The van der Waals surface area contributed by atoms with Crippen molar-refractivity contribution < 1.29 is 9.53 Å². The van der Waals surface area contributed by atoms with Crippen molar-refractivity contribution in [2.24, 2.45) is 0 Å². The van der Waals surface area contributed by atoms with Crippen LogP contribution >= 0.6 is 0 Å². The summed E-state index contributed by atoms with van der Waals surface area (Å²) in [5, 5.41) is 3.29. The summed E-state index contributed by atoms with van der Waals surface area (Å²) < 4.78 is 4.83. The number of ether oxygens (including phenoxy) is 1. The van der Waals surface area contributed by atoms with Gasteiger partial charge in [0.05, 0.1) is 0 Å². The summed E-state index contributed by atoms with van der Waals surface area (Å²) in [6.07, 6.45) is 7.37. The first-order valence-electron chi connectivity index (χ1n) is 6.38. The number of rotatable bonds is 10. The lowest BCUT2D eigenvalue weighted by molar-refractivity contribution is -0.135. The lowest BCUT2D eigenvalue weighted by Crippen LogP contribution is -2.45. The van der Waals surface area contributed by atoms with Crippen LogP contribution in [0.1, 0.15) is 66.2 Å². The van der Waals surface area contributed by atoms with Gasteiger partial charge in [-0.1, -0.05) is 39.0 Å². The number of carbonyl (C=O) groups excluding carboxylic acids is 1. The van der Waals surface area contributed by atoms with Gasteiger partial charge in [-0.15, -0.1) is 0 Å². The van der Waals surface area contributed by atoms with Crippen LogP contribution in [-0.2, 0) is 9.53 Å². The first kappa shape index (κ1) is 15.4. The second kappa shape index (κ2) is 8.57. The molecule has 0 heterocycles.